The topological polar surface area (TPSA) is 56.5 Å². The molecule has 2 aromatic rings. The molecule has 0 bridgehead atoms. The first-order valence-electron chi connectivity index (χ1n) is 4.82. The number of ether oxygens (including phenoxy) is 1. The minimum Gasteiger partial charge on any atom is -0.462 e. The van der Waals surface area contributed by atoms with Gasteiger partial charge in [-0.1, -0.05) is 0 Å². The number of rotatable bonds is 3. The molecule has 0 spiro atoms. The number of carbonyl (C=O) groups is 1. The second-order valence-electron chi connectivity index (χ2n) is 3.08. The zero-order chi connectivity index (χ0) is 11.5. The Morgan fingerprint density at radius 2 is 2.44 bits per heavy atom. The molecule has 2 aromatic heterocycles. The molecular formula is C10H10ClN3O2. The fraction of sp³-hybridized carbons (Fsp3) is 0.300. The third kappa shape index (κ3) is 1.74. The van der Waals surface area contributed by atoms with Crippen LogP contribution >= 0.6 is 11.6 Å². The molecule has 0 radical (unpaired) electrons. The first-order chi connectivity index (χ1) is 7.77. The minimum atomic E-state index is -0.420. The average molecular weight is 240 g/mol. The minimum absolute atomic E-state index is 0.308. The van der Waals surface area contributed by atoms with Crippen molar-refractivity contribution in [2.75, 3.05) is 6.61 Å². The summed E-state index contributed by atoms with van der Waals surface area (Å²) in [4.78, 5) is 15.7. The molecule has 0 saturated heterocycles. The van der Waals surface area contributed by atoms with Gasteiger partial charge in [-0.05, 0) is 13.0 Å². The van der Waals surface area contributed by atoms with E-state index in [4.69, 9.17) is 16.3 Å². The molecule has 16 heavy (non-hydrogen) atoms. The van der Waals surface area contributed by atoms with E-state index in [1.165, 1.54) is 6.20 Å². The van der Waals surface area contributed by atoms with Crippen molar-refractivity contribution in [2.45, 2.75) is 12.8 Å². The van der Waals surface area contributed by atoms with Gasteiger partial charge < -0.3 is 4.74 Å². The summed E-state index contributed by atoms with van der Waals surface area (Å²) in [5, 5.41) is 4.06. The van der Waals surface area contributed by atoms with Gasteiger partial charge in [-0.25, -0.2) is 14.3 Å². The first kappa shape index (κ1) is 10.9. The van der Waals surface area contributed by atoms with Crippen LogP contribution in [0.15, 0.2) is 18.5 Å². The van der Waals surface area contributed by atoms with Crippen molar-refractivity contribution in [2.24, 2.45) is 0 Å². The predicted octanol–water partition coefficient (Wildman–Crippen LogP) is 1.64. The highest BCUT2D eigenvalue weighted by molar-refractivity contribution is 6.16. The van der Waals surface area contributed by atoms with Crippen molar-refractivity contribution in [3.63, 3.8) is 0 Å². The summed E-state index contributed by atoms with van der Waals surface area (Å²) in [5.74, 6) is -0.111. The summed E-state index contributed by atoms with van der Waals surface area (Å²) in [6.07, 6.45) is 3.04. The standard InChI is InChI=1S/C10H10ClN3O2/c1-2-16-10(15)8-6-13-14-7(5-11)3-4-12-9(8)14/h3-4,6H,2,5H2,1H3. The predicted molar refractivity (Wildman–Crippen MR) is 58.5 cm³/mol. The van der Waals surface area contributed by atoms with E-state index in [-0.39, 0.29) is 0 Å². The van der Waals surface area contributed by atoms with Gasteiger partial charge in [-0.15, -0.1) is 11.6 Å². The van der Waals surface area contributed by atoms with Crippen LogP contribution in [0.1, 0.15) is 23.0 Å². The number of fused-ring (bicyclic) bond motifs is 1. The van der Waals surface area contributed by atoms with E-state index in [1.807, 2.05) is 0 Å². The van der Waals surface area contributed by atoms with Gasteiger partial charge in [0, 0.05) is 6.20 Å². The Kier molecular flexibility index (Phi) is 3.05. The van der Waals surface area contributed by atoms with E-state index < -0.39 is 5.97 Å². The third-order valence-electron chi connectivity index (χ3n) is 2.11. The van der Waals surface area contributed by atoms with Crippen LogP contribution in [-0.4, -0.2) is 27.2 Å². The van der Waals surface area contributed by atoms with E-state index in [0.717, 1.165) is 5.69 Å². The lowest BCUT2D eigenvalue weighted by molar-refractivity contribution is 0.0528. The quantitative estimate of drug-likeness (QED) is 0.604. The molecule has 0 aliphatic rings. The Hall–Kier alpha value is -1.62. The Morgan fingerprint density at radius 1 is 1.62 bits per heavy atom. The zero-order valence-corrected chi connectivity index (χ0v) is 9.44. The SMILES string of the molecule is CCOC(=O)c1cnn2c(CCl)ccnc12. The van der Waals surface area contributed by atoms with Gasteiger partial charge in [0.15, 0.2) is 5.65 Å². The van der Waals surface area contributed by atoms with Crippen molar-refractivity contribution in [1.29, 1.82) is 0 Å². The van der Waals surface area contributed by atoms with E-state index >= 15 is 0 Å². The van der Waals surface area contributed by atoms with Crippen LogP contribution in [0, 0.1) is 0 Å². The van der Waals surface area contributed by atoms with Gasteiger partial charge in [0.2, 0.25) is 0 Å². The maximum atomic E-state index is 11.6. The molecule has 0 aliphatic carbocycles. The molecule has 2 rings (SSSR count). The van der Waals surface area contributed by atoms with Crippen LogP contribution in [0.4, 0.5) is 0 Å². The lowest BCUT2D eigenvalue weighted by atomic mass is 10.3. The van der Waals surface area contributed by atoms with Gasteiger partial charge in [-0.3, -0.25) is 0 Å². The summed E-state index contributed by atoms with van der Waals surface area (Å²) in [6, 6.07) is 1.75. The summed E-state index contributed by atoms with van der Waals surface area (Å²) in [7, 11) is 0. The number of aromatic nitrogens is 3. The van der Waals surface area contributed by atoms with E-state index in [0.29, 0.717) is 23.7 Å². The molecule has 0 unspecified atom stereocenters. The molecule has 0 N–H and O–H groups in total. The second kappa shape index (κ2) is 4.49. The smallest absolute Gasteiger partial charge is 0.343 e. The number of hydrogen-bond donors (Lipinski definition) is 0. The molecule has 0 amide bonds. The average Bonchev–Trinajstić information content (AvgIpc) is 2.72. The molecule has 84 valence electrons. The van der Waals surface area contributed by atoms with Crippen LogP contribution in [0.25, 0.3) is 5.65 Å². The Bertz CT molecular complexity index is 524. The molecule has 2 heterocycles. The summed E-state index contributed by atoms with van der Waals surface area (Å²) in [5.41, 5.74) is 1.60. The van der Waals surface area contributed by atoms with Crippen molar-refractivity contribution in [1.82, 2.24) is 14.6 Å². The number of carbonyl (C=O) groups excluding carboxylic acids is 1. The highest BCUT2D eigenvalue weighted by Crippen LogP contribution is 2.12. The molecular weight excluding hydrogens is 230 g/mol. The van der Waals surface area contributed by atoms with Crippen molar-refractivity contribution in [3.05, 3.63) is 29.7 Å². The Balaban J connectivity index is 2.53. The van der Waals surface area contributed by atoms with Gasteiger partial charge in [0.05, 0.1) is 24.4 Å². The Labute approximate surface area is 97.0 Å². The number of alkyl halides is 1. The fourth-order valence-corrected chi connectivity index (χ4v) is 1.60. The van der Waals surface area contributed by atoms with Crippen LogP contribution < -0.4 is 0 Å². The molecule has 0 saturated carbocycles. The number of esters is 1. The van der Waals surface area contributed by atoms with E-state index in [1.54, 1.807) is 23.7 Å². The number of hydrogen-bond acceptors (Lipinski definition) is 4. The van der Waals surface area contributed by atoms with Crippen molar-refractivity contribution in [3.8, 4) is 0 Å². The zero-order valence-electron chi connectivity index (χ0n) is 8.68. The van der Waals surface area contributed by atoms with Crippen LogP contribution in [0.2, 0.25) is 0 Å². The van der Waals surface area contributed by atoms with Gasteiger partial charge >= 0.3 is 5.97 Å². The third-order valence-corrected chi connectivity index (χ3v) is 2.39. The Morgan fingerprint density at radius 3 is 3.12 bits per heavy atom. The summed E-state index contributed by atoms with van der Waals surface area (Å²) in [6.45, 7) is 2.08. The highest BCUT2D eigenvalue weighted by Gasteiger charge is 2.15. The monoisotopic (exact) mass is 239 g/mol. The van der Waals surface area contributed by atoms with Gasteiger partial charge in [0.1, 0.15) is 5.56 Å². The highest BCUT2D eigenvalue weighted by atomic mass is 35.5. The lowest BCUT2D eigenvalue weighted by Gasteiger charge is -2.01. The largest absolute Gasteiger partial charge is 0.462 e. The second-order valence-corrected chi connectivity index (χ2v) is 3.35. The van der Waals surface area contributed by atoms with Crippen molar-refractivity contribution < 1.29 is 9.53 Å². The molecule has 0 fully saturated rings. The molecule has 0 atom stereocenters. The van der Waals surface area contributed by atoms with Crippen LogP contribution in [0.3, 0.4) is 0 Å². The van der Waals surface area contributed by atoms with E-state index in [9.17, 15) is 4.79 Å². The van der Waals surface area contributed by atoms with E-state index in [2.05, 4.69) is 10.1 Å². The molecule has 5 nitrogen and oxygen atoms in total. The first-order valence-corrected chi connectivity index (χ1v) is 5.36. The molecule has 0 aliphatic heterocycles. The van der Waals surface area contributed by atoms with Crippen LogP contribution in [0.5, 0.6) is 0 Å². The number of halogens is 1. The maximum Gasteiger partial charge on any atom is 0.343 e. The normalized spacial score (nSPS) is 10.6. The molecule has 0 aromatic carbocycles. The summed E-state index contributed by atoms with van der Waals surface area (Å²) >= 11 is 5.75. The number of nitrogens with zero attached hydrogens (tertiary/aromatic N) is 3. The van der Waals surface area contributed by atoms with Gasteiger partial charge in [0.25, 0.3) is 0 Å². The summed E-state index contributed by atoms with van der Waals surface area (Å²) < 4.78 is 6.44. The fourth-order valence-electron chi connectivity index (χ4n) is 1.39. The van der Waals surface area contributed by atoms with Crippen LogP contribution in [-0.2, 0) is 10.6 Å². The molecule has 6 heteroatoms. The van der Waals surface area contributed by atoms with Gasteiger partial charge in [-0.2, -0.15) is 5.10 Å². The van der Waals surface area contributed by atoms with Crippen molar-refractivity contribution >= 4 is 23.2 Å². The maximum absolute atomic E-state index is 11.6. The lowest BCUT2D eigenvalue weighted by Crippen LogP contribution is -2.05.